The molecule has 2 N–H and O–H groups in total. The molecule has 2 fully saturated rings. The fourth-order valence-corrected chi connectivity index (χ4v) is 4.13. The SMILES string of the molecule is CC(C)(C)OC(=O)C1CCN(Cc2cc(N3CCC(=O)NC3=O)cc(C(C)(C)C)c2O)C1. The average Bonchev–Trinajstić information content (AvgIpc) is 3.10. The van der Waals surface area contributed by atoms with Gasteiger partial charge in [0.05, 0.1) is 5.92 Å². The van der Waals surface area contributed by atoms with Crippen LogP contribution in [-0.4, -0.2) is 53.1 Å². The van der Waals surface area contributed by atoms with Gasteiger partial charge in [0, 0.05) is 42.9 Å². The van der Waals surface area contributed by atoms with Crippen LogP contribution in [0.4, 0.5) is 10.5 Å². The number of imide groups is 1. The molecular weight excluding hydrogens is 410 g/mol. The third-order valence-corrected chi connectivity index (χ3v) is 5.75. The Balaban J connectivity index is 1.84. The second-order valence-electron chi connectivity index (χ2n) is 10.8. The molecule has 2 saturated heterocycles. The van der Waals surface area contributed by atoms with Gasteiger partial charge in [-0.3, -0.25) is 24.7 Å². The van der Waals surface area contributed by atoms with Crippen LogP contribution < -0.4 is 10.2 Å². The molecule has 0 aliphatic carbocycles. The zero-order valence-electron chi connectivity index (χ0n) is 19.9. The molecule has 0 bridgehead atoms. The highest BCUT2D eigenvalue weighted by atomic mass is 16.6. The first-order chi connectivity index (χ1) is 14.7. The number of aromatic hydroxyl groups is 1. The second-order valence-corrected chi connectivity index (χ2v) is 10.8. The lowest BCUT2D eigenvalue weighted by Gasteiger charge is -2.30. The number of anilines is 1. The fraction of sp³-hybridized carbons (Fsp3) is 0.625. The molecule has 0 saturated carbocycles. The number of likely N-dealkylation sites (tertiary alicyclic amines) is 1. The van der Waals surface area contributed by atoms with E-state index in [2.05, 4.69) is 10.2 Å². The number of amides is 3. The molecule has 0 spiro atoms. The van der Waals surface area contributed by atoms with E-state index in [1.165, 1.54) is 4.90 Å². The summed E-state index contributed by atoms with van der Waals surface area (Å²) in [5.41, 5.74) is 1.21. The first-order valence-corrected chi connectivity index (χ1v) is 11.2. The maximum absolute atomic E-state index is 12.5. The summed E-state index contributed by atoms with van der Waals surface area (Å²) in [6.45, 7) is 13.6. The van der Waals surface area contributed by atoms with E-state index >= 15 is 0 Å². The van der Waals surface area contributed by atoms with Crippen molar-refractivity contribution in [2.24, 2.45) is 5.92 Å². The van der Waals surface area contributed by atoms with Crippen molar-refractivity contribution in [2.45, 2.75) is 71.9 Å². The minimum atomic E-state index is -0.519. The Labute approximate surface area is 189 Å². The number of esters is 1. The summed E-state index contributed by atoms with van der Waals surface area (Å²) < 4.78 is 5.53. The van der Waals surface area contributed by atoms with Crippen molar-refractivity contribution in [3.8, 4) is 5.75 Å². The van der Waals surface area contributed by atoms with E-state index < -0.39 is 11.6 Å². The molecule has 8 heteroatoms. The molecule has 1 aromatic rings. The smallest absolute Gasteiger partial charge is 0.328 e. The van der Waals surface area contributed by atoms with Gasteiger partial charge in [0.1, 0.15) is 11.4 Å². The van der Waals surface area contributed by atoms with Gasteiger partial charge in [-0.2, -0.15) is 0 Å². The Morgan fingerprint density at radius 1 is 1.16 bits per heavy atom. The van der Waals surface area contributed by atoms with E-state index in [1.54, 1.807) is 6.07 Å². The first-order valence-electron chi connectivity index (χ1n) is 11.2. The maximum Gasteiger partial charge on any atom is 0.328 e. The lowest BCUT2D eigenvalue weighted by molar-refractivity contribution is -0.159. The summed E-state index contributed by atoms with van der Waals surface area (Å²) in [4.78, 5) is 40.1. The van der Waals surface area contributed by atoms with Crippen molar-refractivity contribution in [2.75, 3.05) is 24.5 Å². The molecule has 176 valence electrons. The molecular formula is C24H35N3O5. The van der Waals surface area contributed by atoms with Crippen LogP contribution in [0.3, 0.4) is 0 Å². The average molecular weight is 446 g/mol. The van der Waals surface area contributed by atoms with E-state index in [0.29, 0.717) is 37.3 Å². The van der Waals surface area contributed by atoms with Crippen LogP contribution in [-0.2, 0) is 26.3 Å². The quantitative estimate of drug-likeness (QED) is 0.690. The van der Waals surface area contributed by atoms with Crippen molar-refractivity contribution in [1.82, 2.24) is 10.2 Å². The van der Waals surface area contributed by atoms with E-state index in [1.807, 2.05) is 47.6 Å². The Kier molecular flexibility index (Phi) is 6.56. The molecule has 0 aromatic heterocycles. The number of benzene rings is 1. The van der Waals surface area contributed by atoms with Crippen molar-refractivity contribution in [3.63, 3.8) is 0 Å². The molecule has 1 atom stereocenters. The molecule has 3 rings (SSSR count). The minimum Gasteiger partial charge on any atom is -0.507 e. The highest BCUT2D eigenvalue weighted by Crippen LogP contribution is 2.38. The number of hydrogen-bond donors (Lipinski definition) is 2. The Morgan fingerprint density at radius 2 is 1.84 bits per heavy atom. The third-order valence-electron chi connectivity index (χ3n) is 5.75. The number of carbonyl (C=O) groups is 3. The number of rotatable bonds is 4. The Morgan fingerprint density at radius 3 is 2.44 bits per heavy atom. The van der Waals surface area contributed by atoms with Crippen LogP contribution in [0.15, 0.2) is 12.1 Å². The molecule has 32 heavy (non-hydrogen) atoms. The highest BCUT2D eigenvalue weighted by molar-refractivity contribution is 6.05. The van der Waals surface area contributed by atoms with Crippen molar-refractivity contribution < 1.29 is 24.2 Å². The van der Waals surface area contributed by atoms with Crippen molar-refractivity contribution >= 4 is 23.6 Å². The molecule has 2 aliphatic rings. The maximum atomic E-state index is 12.5. The number of hydrogen-bond acceptors (Lipinski definition) is 6. The van der Waals surface area contributed by atoms with Gasteiger partial charge in [-0.15, -0.1) is 0 Å². The molecule has 2 aliphatic heterocycles. The normalized spacial score (nSPS) is 20.4. The summed E-state index contributed by atoms with van der Waals surface area (Å²) in [5.74, 6) is -0.467. The van der Waals surface area contributed by atoms with Crippen LogP contribution in [0.1, 0.15) is 65.5 Å². The van der Waals surface area contributed by atoms with Gasteiger partial charge in [0.25, 0.3) is 0 Å². The molecule has 3 amide bonds. The monoisotopic (exact) mass is 445 g/mol. The number of nitrogens with zero attached hydrogens (tertiary/aromatic N) is 2. The molecule has 1 aromatic carbocycles. The number of ether oxygens (including phenoxy) is 1. The third kappa shape index (κ3) is 5.59. The van der Waals surface area contributed by atoms with Crippen LogP contribution in [0.5, 0.6) is 5.75 Å². The van der Waals surface area contributed by atoms with E-state index in [9.17, 15) is 19.5 Å². The molecule has 0 radical (unpaired) electrons. The van der Waals surface area contributed by atoms with E-state index in [4.69, 9.17) is 4.74 Å². The second kappa shape index (κ2) is 8.73. The number of phenolic OH excluding ortho intramolecular Hbond substituents is 1. The van der Waals surface area contributed by atoms with Crippen LogP contribution >= 0.6 is 0 Å². The van der Waals surface area contributed by atoms with Gasteiger partial charge in [-0.1, -0.05) is 20.8 Å². The van der Waals surface area contributed by atoms with Crippen LogP contribution in [0.2, 0.25) is 0 Å². The number of phenols is 1. The Bertz CT molecular complexity index is 913. The highest BCUT2D eigenvalue weighted by Gasteiger charge is 2.33. The Hall–Kier alpha value is -2.61. The van der Waals surface area contributed by atoms with Crippen LogP contribution in [0, 0.1) is 5.92 Å². The van der Waals surface area contributed by atoms with Crippen molar-refractivity contribution in [1.29, 1.82) is 0 Å². The van der Waals surface area contributed by atoms with Gasteiger partial charge in [-0.25, -0.2) is 4.79 Å². The fourth-order valence-electron chi connectivity index (χ4n) is 4.13. The largest absolute Gasteiger partial charge is 0.507 e. The molecule has 2 heterocycles. The minimum absolute atomic E-state index is 0.192. The van der Waals surface area contributed by atoms with Crippen LogP contribution in [0.25, 0.3) is 0 Å². The van der Waals surface area contributed by atoms with Gasteiger partial charge < -0.3 is 9.84 Å². The van der Waals surface area contributed by atoms with Gasteiger partial charge in [-0.05, 0) is 51.3 Å². The summed E-state index contributed by atoms with van der Waals surface area (Å²) in [7, 11) is 0. The predicted molar refractivity (Wildman–Crippen MR) is 122 cm³/mol. The summed E-state index contributed by atoms with van der Waals surface area (Å²) >= 11 is 0. The number of urea groups is 1. The van der Waals surface area contributed by atoms with Gasteiger partial charge in [0.15, 0.2) is 0 Å². The summed E-state index contributed by atoms with van der Waals surface area (Å²) in [5, 5.41) is 13.4. The first kappa shape index (κ1) is 24.0. The van der Waals surface area contributed by atoms with Gasteiger partial charge >= 0.3 is 12.0 Å². The topological polar surface area (TPSA) is 99.2 Å². The zero-order valence-corrected chi connectivity index (χ0v) is 19.9. The zero-order chi connectivity index (χ0) is 23.8. The van der Waals surface area contributed by atoms with E-state index in [-0.39, 0.29) is 35.4 Å². The van der Waals surface area contributed by atoms with Gasteiger partial charge in [0.2, 0.25) is 5.91 Å². The predicted octanol–water partition coefficient (Wildman–Crippen LogP) is 3.30. The summed E-state index contributed by atoms with van der Waals surface area (Å²) in [6.07, 6.45) is 0.939. The van der Waals surface area contributed by atoms with Crippen molar-refractivity contribution in [3.05, 3.63) is 23.3 Å². The lowest BCUT2D eigenvalue weighted by Crippen LogP contribution is -2.49. The number of nitrogens with one attached hydrogen (secondary N) is 1. The summed E-state index contributed by atoms with van der Waals surface area (Å²) in [6, 6.07) is 3.17. The number of carbonyl (C=O) groups excluding carboxylic acids is 3. The lowest BCUT2D eigenvalue weighted by atomic mass is 9.84. The molecule has 8 nitrogen and oxygen atoms in total. The molecule has 1 unspecified atom stereocenters. The van der Waals surface area contributed by atoms with E-state index in [0.717, 1.165) is 12.1 Å². The standard InChI is InChI=1S/C24H35N3O5/c1-23(2,3)18-12-17(27-10-8-19(28)25-22(27)31)11-16(20(18)29)14-26-9-7-15(13-26)21(30)32-24(4,5)6/h11-12,15,29H,7-10,13-14H2,1-6H3,(H,25,28,31).